The molecule has 88 valence electrons. The summed E-state index contributed by atoms with van der Waals surface area (Å²) in [6.45, 7) is -0.256. The molecule has 1 amide bonds. The highest BCUT2D eigenvalue weighted by molar-refractivity contribution is 6.02. The summed E-state index contributed by atoms with van der Waals surface area (Å²) < 4.78 is 1.35. The van der Waals surface area contributed by atoms with E-state index in [2.05, 4.69) is 15.3 Å². The minimum atomic E-state index is -1.01. The van der Waals surface area contributed by atoms with Crippen molar-refractivity contribution in [2.75, 3.05) is 5.32 Å². The quantitative estimate of drug-likeness (QED) is 0.719. The molecule has 0 fully saturated rings. The first kappa shape index (κ1) is 10.9. The fourth-order valence-electron chi connectivity index (χ4n) is 1.41. The van der Waals surface area contributed by atoms with Gasteiger partial charge in [-0.3, -0.25) is 14.9 Å². The lowest BCUT2D eigenvalue weighted by Gasteiger charge is -2.05. The van der Waals surface area contributed by atoms with Crippen molar-refractivity contribution in [2.45, 2.75) is 6.54 Å². The van der Waals surface area contributed by atoms with E-state index in [1.807, 2.05) is 0 Å². The zero-order valence-electron chi connectivity index (χ0n) is 8.75. The highest BCUT2D eigenvalue weighted by Crippen LogP contribution is 2.05. The average Bonchev–Trinajstić information content (AvgIpc) is 2.87. The largest absolute Gasteiger partial charge is 0.480 e. The number of rotatable bonds is 4. The van der Waals surface area contributed by atoms with Crippen LogP contribution in [0.2, 0.25) is 0 Å². The third-order valence-corrected chi connectivity index (χ3v) is 2.10. The number of anilines is 1. The van der Waals surface area contributed by atoms with Crippen LogP contribution in [-0.2, 0) is 11.3 Å². The van der Waals surface area contributed by atoms with Crippen LogP contribution in [0.5, 0.6) is 0 Å². The fraction of sp³-hybridized carbons (Fsp3) is 0.100. The maximum Gasteiger partial charge on any atom is 0.323 e. The highest BCUT2D eigenvalue weighted by Gasteiger charge is 2.13. The van der Waals surface area contributed by atoms with Gasteiger partial charge < -0.3 is 14.7 Å². The third kappa shape index (κ3) is 2.51. The van der Waals surface area contributed by atoms with Crippen molar-refractivity contribution < 1.29 is 14.7 Å². The second kappa shape index (κ2) is 4.52. The van der Waals surface area contributed by atoms with Gasteiger partial charge in [-0.1, -0.05) is 0 Å². The summed E-state index contributed by atoms with van der Waals surface area (Å²) in [4.78, 5) is 28.9. The highest BCUT2D eigenvalue weighted by atomic mass is 16.4. The first-order valence-corrected chi connectivity index (χ1v) is 4.84. The second-order valence-electron chi connectivity index (χ2n) is 3.31. The Morgan fingerprint density at radius 2 is 2.35 bits per heavy atom. The molecule has 17 heavy (non-hydrogen) atoms. The number of carbonyl (C=O) groups excluding carboxylic acids is 1. The first-order chi connectivity index (χ1) is 8.16. The molecule has 7 heteroatoms. The van der Waals surface area contributed by atoms with Gasteiger partial charge in [-0.25, -0.2) is 4.98 Å². The van der Waals surface area contributed by atoms with Gasteiger partial charge in [0.05, 0.1) is 0 Å². The molecule has 7 nitrogen and oxygen atoms in total. The lowest BCUT2D eigenvalue weighted by atomic mass is 10.4. The van der Waals surface area contributed by atoms with E-state index in [0.29, 0.717) is 5.95 Å². The van der Waals surface area contributed by atoms with Crippen molar-refractivity contribution in [2.24, 2.45) is 0 Å². The van der Waals surface area contributed by atoms with E-state index >= 15 is 0 Å². The number of carboxylic acid groups (broad SMARTS) is 1. The van der Waals surface area contributed by atoms with Gasteiger partial charge in [0.25, 0.3) is 5.91 Å². The molecule has 0 aliphatic heterocycles. The van der Waals surface area contributed by atoms with E-state index < -0.39 is 11.9 Å². The average molecular weight is 234 g/mol. The number of nitrogens with zero attached hydrogens (tertiary/aromatic N) is 2. The maximum absolute atomic E-state index is 11.8. The Morgan fingerprint density at radius 3 is 3.00 bits per heavy atom. The summed E-state index contributed by atoms with van der Waals surface area (Å²) in [5.41, 5.74) is 0.267. The van der Waals surface area contributed by atoms with Crippen molar-refractivity contribution in [1.29, 1.82) is 0 Å². The van der Waals surface area contributed by atoms with Gasteiger partial charge in [0.2, 0.25) is 5.95 Å². The molecule has 0 bridgehead atoms. The fourth-order valence-corrected chi connectivity index (χ4v) is 1.41. The normalized spacial score (nSPS) is 10.1. The van der Waals surface area contributed by atoms with Crippen molar-refractivity contribution in [3.63, 3.8) is 0 Å². The molecule has 2 aromatic rings. The van der Waals surface area contributed by atoms with Crippen LogP contribution in [0, 0.1) is 0 Å². The molecule has 0 aliphatic carbocycles. The van der Waals surface area contributed by atoms with Gasteiger partial charge in [0, 0.05) is 18.6 Å². The number of imidazole rings is 1. The van der Waals surface area contributed by atoms with E-state index in [4.69, 9.17) is 5.11 Å². The molecule has 0 radical (unpaired) electrons. The zero-order chi connectivity index (χ0) is 12.3. The molecular weight excluding hydrogens is 224 g/mol. The SMILES string of the molecule is O=C(O)Cn1cccc1C(=O)Nc1ncc[nH]1. The van der Waals surface area contributed by atoms with Gasteiger partial charge in [-0.15, -0.1) is 0 Å². The van der Waals surface area contributed by atoms with Gasteiger partial charge in [-0.05, 0) is 12.1 Å². The van der Waals surface area contributed by atoms with Crippen LogP contribution in [0.3, 0.4) is 0 Å². The summed E-state index contributed by atoms with van der Waals surface area (Å²) in [6.07, 6.45) is 4.61. The maximum atomic E-state index is 11.8. The van der Waals surface area contributed by atoms with Crippen LogP contribution in [0.15, 0.2) is 30.7 Å². The van der Waals surface area contributed by atoms with E-state index in [0.717, 1.165) is 0 Å². The number of aromatic amines is 1. The van der Waals surface area contributed by atoms with Gasteiger partial charge in [0.1, 0.15) is 12.2 Å². The number of aliphatic carboxylic acids is 1. The summed E-state index contributed by atoms with van der Waals surface area (Å²) in [6, 6.07) is 3.15. The monoisotopic (exact) mass is 234 g/mol. The van der Waals surface area contributed by atoms with E-state index in [1.165, 1.54) is 17.0 Å². The summed E-state index contributed by atoms with van der Waals surface area (Å²) in [5, 5.41) is 11.2. The lowest BCUT2D eigenvalue weighted by Crippen LogP contribution is -2.19. The van der Waals surface area contributed by atoms with Crippen molar-refractivity contribution in [1.82, 2.24) is 14.5 Å². The number of hydrogen-bond donors (Lipinski definition) is 3. The Balaban J connectivity index is 2.14. The Morgan fingerprint density at radius 1 is 1.53 bits per heavy atom. The van der Waals surface area contributed by atoms with E-state index in [1.54, 1.807) is 18.3 Å². The number of H-pyrrole nitrogens is 1. The lowest BCUT2D eigenvalue weighted by molar-refractivity contribution is -0.137. The third-order valence-electron chi connectivity index (χ3n) is 2.10. The Kier molecular flexibility index (Phi) is 2.91. The van der Waals surface area contributed by atoms with E-state index in [9.17, 15) is 9.59 Å². The molecule has 0 aromatic carbocycles. The van der Waals surface area contributed by atoms with Crippen LogP contribution in [0.25, 0.3) is 0 Å². The predicted molar refractivity (Wildman–Crippen MR) is 58.6 cm³/mol. The number of aromatic nitrogens is 3. The van der Waals surface area contributed by atoms with Crippen LogP contribution in [0.1, 0.15) is 10.5 Å². The van der Waals surface area contributed by atoms with Crippen molar-refractivity contribution >= 4 is 17.8 Å². The summed E-state index contributed by atoms with van der Waals surface area (Å²) >= 11 is 0. The number of hydrogen-bond acceptors (Lipinski definition) is 3. The van der Waals surface area contributed by atoms with Crippen LogP contribution < -0.4 is 5.32 Å². The van der Waals surface area contributed by atoms with Crippen molar-refractivity contribution in [3.05, 3.63) is 36.4 Å². The standard InChI is InChI=1S/C10H10N4O3/c15-8(16)6-14-5-1-2-7(14)9(17)13-10-11-3-4-12-10/h1-5H,6H2,(H,15,16)(H2,11,12,13,17). The van der Waals surface area contributed by atoms with Crippen molar-refractivity contribution in [3.8, 4) is 0 Å². The molecule has 0 aliphatic rings. The molecule has 0 saturated carbocycles. The molecule has 0 saturated heterocycles. The van der Waals surface area contributed by atoms with Gasteiger partial charge >= 0.3 is 5.97 Å². The van der Waals surface area contributed by atoms with Gasteiger partial charge in [-0.2, -0.15) is 0 Å². The Hall–Kier alpha value is -2.57. The van der Waals surface area contributed by atoms with Gasteiger partial charge in [0.15, 0.2) is 0 Å². The second-order valence-corrected chi connectivity index (χ2v) is 3.31. The van der Waals surface area contributed by atoms with E-state index in [-0.39, 0.29) is 12.2 Å². The molecular formula is C10H10N4O3. The molecule has 0 spiro atoms. The molecule has 2 rings (SSSR count). The summed E-state index contributed by atoms with van der Waals surface area (Å²) in [5.74, 6) is -1.10. The smallest absolute Gasteiger partial charge is 0.323 e. The van der Waals surface area contributed by atoms with Crippen LogP contribution in [0.4, 0.5) is 5.95 Å². The van der Waals surface area contributed by atoms with Crippen LogP contribution >= 0.6 is 0 Å². The topological polar surface area (TPSA) is 100 Å². The predicted octanol–water partition coefficient (Wildman–Crippen LogP) is 0.548. The van der Waals surface area contributed by atoms with Crippen LogP contribution in [-0.4, -0.2) is 31.5 Å². The molecule has 0 unspecified atom stereocenters. The Labute approximate surface area is 96.1 Å². The molecule has 3 N–H and O–H groups in total. The minimum Gasteiger partial charge on any atom is -0.480 e. The number of carboxylic acids is 1. The number of carbonyl (C=O) groups is 2. The number of nitrogens with one attached hydrogen (secondary N) is 2. The molecule has 2 heterocycles. The molecule has 2 aromatic heterocycles. The Bertz CT molecular complexity index is 530. The summed E-state index contributed by atoms with van der Waals surface area (Å²) in [7, 11) is 0. The number of amides is 1. The zero-order valence-corrected chi connectivity index (χ0v) is 8.75. The first-order valence-electron chi connectivity index (χ1n) is 4.84. The minimum absolute atomic E-state index is 0.256. The molecule has 0 atom stereocenters.